The van der Waals surface area contributed by atoms with Crippen molar-refractivity contribution in [3.8, 4) is 0 Å². The summed E-state index contributed by atoms with van der Waals surface area (Å²) in [5, 5.41) is 5.23. The van der Waals surface area contributed by atoms with Crippen molar-refractivity contribution in [1.82, 2.24) is 5.32 Å². The largest absolute Gasteiger partial charge is 0.447 e. The second-order valence-electron chi connectivity index (χ2n) is 4.31. The summed E-state index contributed by atoms with van der Waals surface area (Å²) in [5.74, 6) is 0. The summed E-state index contributed by atoms with van der Waals surface area (Å²) < 4.78 is 4.95. The third-order valence-electron chi connectivity index (χ3n) is 3.22. The lowest BCUT2D eigenvalue weighted by atomic mass is 9.96. The minimum atomic E-state index is -0.334. The van der Waals surface area contributed by atoms with Gasteiger partial charge in [0.2, 0.25) is 0 Å². The normalized spacial score (nSPS) is 18.1. The first-order valence-corrected chi connectivity index (χ1v) is 5.67. The Morgan fingerprint density at radius 1 is 1.17 bits per heavy atom. The Labute approximate surface area is 112 Å². The lowest BCUT2D eigenvalue weighted by Gasteiger charge is -2.12. The molecular formula is C14H14ClNO2. The van der Waals surface area contributed by atoms with E-state index in [-0.39, 0.29) is 24.5 Å². The second-order valence-corrected chi connectivity index (χ2v) is 4.31. The first kappa shape index (κ1) is 12.7. The number of benzene rings is 2. The number of carbonyl (C=O) groups is 1. The molecule has 4 heteroatoms. The van der Waals surface area contributed by atoms with Crippen LogP contribution < -0.4 is 5.32 Å². The molecule has 2 aromatic carbocycles. The van der Waals surface area contributed by atoms with Crippen LogP contribution in [0.1, 0.15) is 17.2 Å². The number of hydrogen-bond donors (Lipinski definition) is 1. The smallest absolute Gasteiger partial charge is 0.407 e. The molecule has 0 radical (unpaired) electrons. The molecule has 1 heterocycles. The molecular weight excluding hydrogens is 250 g/mol. The molecule has 0 aromatic heterocycles. The fourth-order valence-electron chi connectivity index (χ4n) is 2.33. The molecule has 0 aliphatic carbocycles. The maximum atomic E-state index is 11.1. The molecule has 1 saturated heterocycles. The number of nitrogens with one attached hydrogen (secondary N) is 1. The van der Waals surface area contributed by atoms with Gasteiger partial charge in [-0.05, 0) is 28.8 Å². The van der Waals surface area contributed by atoms with Crippen LogP contribution in [0.3, 0.4) is 0 Å². The summed E-state index contributed by atoms with van der Waals surface area (Å²) in [7, 11) is 0. The zero-order valence-electron chi connectivity index (χ0n) is 9.97. The number of halogens is 1. The molecule has 2 aromatic rings. The highest BCUT2D eigenvalue weighted by Gasteiger charge is 2.25. The maximum Gasteiger partial charge on any atom is 0.407 e. The number of cyclic esters (lactones) is 1. The molecule has 3 nitrogen and oxygen atoms in total. The van der Waals surface area contributed by atoms with Crippen LogP contribution in [0.25, 0.3) is 10.8 Å². The van der Waals surface area contributed by atoms with Gasteiger partial charge in [0, 0.05) is 0 Å². The van der Waals surface area contributed by atoms with Gasteiger partial charge in [-0.15, -0.1) is 12.4 Å². The van der Waals surface area contributed by atoms with E-state index in [4.69, 9.17) is 4.74 Å². The van der Waals surface area contributed by atoms with Crippen molar-refractivity contribution in [3.63, 3.8) is 0 Å². The van der Waals surface area contributed by atoms with Crippen molar-refractivity contribution >= 4 is 29.3 Å². The van der Waals surface area contributed by atoms with Crippen LogP contribution in [0.5, 0.6) is 0 Å². The van der Waals surface area contributed by atoms with Crippen molar-refractivity contribution in [3.05, 3.63) is 47.5 Å². The van der Waals surface area contributed by atoms with Crippen molar-refractivity contribution in [1.29, 1.82) is 0 Å². The molecule has 0 bridgehead atoms. The van der Waals surface area contributed by atoms with E-state index in [0.717, 1.165) is 5.56 Å². The van der Waals surface area contributed by atoms with E-state index in [1.54, 1.807) is 0 Å². The van der Waals surface area contributed by atoms with Crippen LogP contribution in [0, 0.1) is 6.92 Å². The van der Waals surface area contributed by atoms with E-state index in [2.05, 4.69) is 36.5 Å². The number of carbonyl (C=O) groups excluding carboxylic acids is 1. The predicted molar refractivity (Wildman–Crippen MR) is 73.2 cm³/mol. The van der Waals surface area contributed by atoms with E-state index < -0.39 is 0 Å². The molecule has 1 amide bonds. The molecule has 0 saturated carbocycles. The van der Waals surface area contributed by atoms with Crippen molar-refractivity contribution in [2.24, 2.45) is 0 Å². The molecule has 94 valence electrons. The Bertz CT molecular complexity index is 597. The fourth-order valence-corrected chi connectivity index (χ4v) is 2.33. The molecule has 3 rings (SSSR count). The van der Waals surface area contributed by atoms with E-state index in [9.17, 15) is 4.79 Å². The van der Waals surface area contributed by atoms with Crippen LogP contribution >= 0.6 is 12.4 Å². The average molecular weight is 264 g/mol. The summed E-state index contributed by atoms with van der Waals surface area (Å²) in [6.45, 7) is 2.50. The Morgan fingerprint density at radius 2 is 1.89 bits per heavy atom. The summed E-state index contributed by atoms with van der Waals surface area (Å²) in [6.07, 6.45) is -0.334. The predicted octanol–water partition coefficient (Wildman–Crippen LogP) is 3.35. The molecule has 1 aliphatic heterocycles. The summed E-state index contributed by atoms with van der Waals surface area (Å²) in [5.41, 5.74) is 2.37. The zero-order valence-corrected chi connectivity index (χ0v) is 10.8. The molecule has 18 heavy (non-hydrogen) atoms. The Balaban J connectivity index is 0.00000120. The van der Waals surface area contributed by atoms with Crippen LogP contribution in [0.15, 0.2) is 36.4 Å². The first-order valence-electron chi connectivity index (χ1n) is 5.67. The molecule has 0 spiro atoms. The van der Waals surface area contributed by atoms with Gasteiger partial charge in [-0.25, -0.2) is 4.79 Å². The number of fused-ring (bicyclic) bond motifs is 1. The Morgan fingerprint density at radius 3 is 2.56 bits per heavy atom. The fraction of sp³-hybridized carbons (Fsp3) is 0.214. The van der Waals surface area contributed by atoms with Gasteiger partial charge in [0.05, 0.1) is 6.04 Å². The van der Waals surface area contributed by atoms with Gasteiger partial charge in [-0.1, -0.05) is 36.4 Å². The van der Waals surface area contributed by atoms with E-state index in [1.807, 2.05) is 12.1 Å². The highest BCUT2D eigenvalue weighted by Crippen LogP contribution is 2.28. The number of amides is 1. The van der Waals surface area contributed by atoms with Gasteiger partial charge in [-0.3, -0.25) is 0 Å². The lowest BCUT2D eigenvalue weighted by molar-refractivity contribution is 0.177. The van der Waals surface area contributed by atoms with Crippen molar-refractivity contribution < 1.29 is 9.53 Å². The minimum Gasteiger partial charge on any atom is -0.447 e. The second kappa shape index (κ2) is 4.86. The van der Waals surface area contributed by atoms with Crippen molar-refractivity contribution in [2.75, 3.05) is 6.61 Å². The van der Waals surface area contributed by atoms with Crippen LogP contribution in [0.4, 0.5) is 4.79 Å². The van der Waals surface area contributed by atoms with E-state index in [0.29, 0.717) is 6.61 Å². The van der Waals surface area contributed by atoms with Gasteiger partial charge in [0.15, 0.2) is 0 Å². The van der Waals surface area contributed by atoms with Gasteiger partial charge < -0.3 is 10.1 Å². The van der Waals surface area contributed by atoms with Crippen LogP contribution in [-0.2, 0) is 4.74 Å². The number of rotatable bonds is 1. The SMILES string of the molecule is Cc1ccc([C@@H]2COC(=O)N2)c2ccccc12.Cl. The highest BCUT2D eigenvalue weighted by molar-refractivity contribution is 5.89. The van der Waals surface area contributed by atoms with Gasteiger partial charge >= 0.3 is 6.09 Å². The van der Waals surface area contributed by atoms with Gasteiger partial charge in [0.25, 0.3) is 0 Å². The monoisotopic (exact) mass is 263 g/mol. The summed E-state index contributed by atoms with van der Waals surface area (Å²) >= 11 is 0. The quantitative estimate of drug-likeness (QED) is 0.857. The molecule has 1 N–H and O–H groups in total. The number of aryl methyl sites for hydroxylation is 1. The topological polar surface area (TPSA) is 38.3 Å². The zero-order chi connectivity index (χ0) is 11.8. The third-order valence-corrected chi connectivity index (χ3v) is 3.22. The number of ether oxygens (including phenoxy) is 1. The standard InChI is InChI=1S/C14H13NO2.ClH/c1-9-6-7-12(13-8-17-14(16)15-13)11-5-3-2-4-10(9)11;/h2-7,13H,8H2,1H3,(H,15,16);1H/t13-;/m0./s1. The van der Waals surface area contributed by atoms with Crippen LogP contribution in [-0.4, -0.2) is 12.7 Å². The highest BCUT2D eigenvalue weighted by atomic mass is 35.5. The summed E-state index contributed by atoms with van der Waals surface area (Å²) in [4.78, 5) is 11.1. The van der Waals surface area contributed by atoms with Gasteiger partial charge in [-0.2, -0.15) is 0 Å². The average Bonchev–Trinajstić information content (AvgIpc) is 2.77. The van der Waals surface area contributed by atoms with Crippen LogP contribution in [0.2, 0.25) is 0 Å². The molecule has 0 unspecified atom stereocenters. The van der Waals surface area contributed by atoms with Gasteiger partial charge in [0.1, 0.15) is 6.61 Å². The Hall–Kier alpha value is -1.74. The molecule has 1 fully saturated rings. The molecule has 1 aliphatic rings. The third kappa shape index (κ3) is 2.02. The van der Waals surface area contributed by atoms with Crippen molar-refractivity contribution in [2.45, 2.75) is 13.0 Å². The lowest BCUT2D eigenvalue weighted by Crippen LogP contribution is -2.18. The molecule has 1 atom stereocenters. The Kier molecular flexibility index (Phi) is 3.43. The van der Waals surface area contributed by atoms with E-state index >= 15 is 0 Å². The van der Waals surface area contributed by atoms with E-state index in [1.165, 1.54) is 16.3 Å². The maximum absolute atomic E-state index is 11.1. The minimum absolute atomic E-state index is 0. The summed E-state index contributed by atoms with van der Waals surface area (Å²) in [6, 6.07) is 12.4. The number of hydrogen-bond acceptors (Lipinski definition) is 2. The number of alkyl carbamates (subject to hydrolysis) is 1. The first-order chi connectivity index (χ1) is 8.25.